The lowest BCUT2D eigenvalue weighted by Crippen LogP contribution is -2.16. The van der Waals surface area contributed by atoms with Crippen LogP contribution in [-0.4, -0.2) is 18.1 Å². The standard InChI is InChI=1S/C10H14N2O.C6H6.C2H6/c1-13-10-8(3-2-6-11-10)7-12-9-4-5-9;1-2-4-6-5-3-1;1-2/h2-3,6,9,12H,4-5,7H2,1H3;1-6H;1-2H3. The van der Waals surface area contributed by atoms with Gasteiger partial charge in [0.1, 0.15) is 0 Å². The molecule has 3 heteroatoms. The van der Waals surface area contributed by atoms with Gasteiger partial charge in [-0.1, -0.05) is 56.3 Å². The van der Waals surface area contributed by atoms with Crippen LogP contribution in [0.1, 0.15) is 32.3 Å². The van der Waals surface area contributed by atoms with Crippen molar-refractivity contribution < 1.29 is 4.74 Å². The van der Waals surface area contributed by atoms with Gasteiger partial charge >= 0.3 is 0 Å². The van der Waals surface area contributed by atoms with Crippen molar-refractivity contribution in [3.63, 3.8) is 0 Å². The molecule has 114 valence electrons. The normalized spacial score (nSPS) is 12.3. The molecule has 1 heterocycles. The van der Waals surface area contributed by atoms with Gasteiger partial charge in [-0.3, -0.25) is 0 Å². The molecule has 0 aliphatic heterocycles. The molecule has 1 saturated carbocycles. The smallest absolute Gasteiger partial charge is 0.217 e. The van der Waals surface area contributed by atoms with E-state index < -0.39 is 0 Å². The number of rotatable bonds is 4. The maximum absolute atomic E-state index is 5.15. The number of benzene rings is 1. The molecule has 0 radical (unpaired) electrons. The molecule has 1 fully saturated rings. The first-order valence-electron chi connectivity index (χ1n) is 7.61. The van der Waals surface area contributed by atoms with Crippen LogP contribution in [-0.2, 0) is 6.54 Å². The molecule has 3 rings (SSSR count). The third-order valence-corrected chi connectivity index (χ3v) is 2.87. The van der Waals surface area contributed by atoms with Gasteiger partial charge in [0.25, 0.3) is 0 Å². The molecule has 0 spiro atoms. The lowest BCUT2D eigenvalue weighted by molar-refractivity contribution is 0.390. The van der Waals surface area contributed by atoms with Crippen LogP contribution in [0.3, 0.4) is 0 Å². The van der Waals surface area contributed by atoms with Crippen molar-refractivity contribution in [2.24, 2.45) is 0 Å². The minimum Gasteiger partial charge on any atom is -0.481 e. The third-order valence-electron chi connectivity index (χ3n) is 2.87. The first-order valence-corrected chi connectivity index (χ1v) is 7.61. The Bertz CT molecular complexity index is 443. The molecule has 1 aliphatic carbocycles. The predicted octanol–water partition coefficient (Wildman–Crippen LogP) is 4.06. The summed E-state index contributed by atoms with van der Waals surface area (Å²) in [6.07, 6.45) is 4.37. The van der Waals surface area contributed by atoms with Crippen LogP contribution in [0.2, 0.25) is 0 Å². The molecule has 3 nitrogen and oxygen atoms in total. The number of hydrogen-bond donors (Lipinski definition) is 1. The molecule has 0 atom stereocenters. The van der Waals surface area contributed by atoms with E-state index in [4.69, 9.17) is 4.74 Å². The lowest BCUT2D eigenvalue weighted by atomic mass is 10.2. The summed E-state index contributed by atoms with van der Waals surface area (Å²) in [4.78, 5) is 4.13. The van der Waals surface area contributed by atoms with Crippen LogP contribution in [0.5, 0.6) is 5.88 Å². The molecule has 0 amide bonds. The maximum Gasteiger partial charge on any atom is 0.217 e. The highest BCUT2D eigenvalue weighted by atomic mass is 16.5. The van der Waals surface area contributed by atoms with Crippen LogP contribution >= 0.6 is 0 Å². The van der Waals surface area contributed by atoms with E-state index in [0.717, 1.165) is 24.0 Å². The van der Waals surface area contributed by atoms with Gasteiger partial charge in [-0.25, -0.2) is 4.98 Å². The molecule has 1 N–H and O–H groups in total. The number of aromatic nitrogens is 1. The summed E-state index contributed by atoms with van der Waals surface area (Å²) in [6.45, 7) is 4.86. The lowest BCUT2D eigenvalue weighted by Gasteiger charge is -2.06. The van der Waals surface area contributed by atoms with Gasteiger partial charge in [-0.2, -0.15) is 0 Å². The monoisotopic (exact) mass is 286 g/mol. The fourth-order valence-electron chi connectivity index (χ4n) is 1.67. The van der Waals surface area contributed by atoms with Gasteiger partial charge < -0.3 is 10.1 Å². The van der Waals surface area contributed by atoms with Crippen molar-refractivity contribution in [1.29, 1.82) is 0 Å². The quantitative estimate of drug-likeness (QED) is 0.920. The Kier molecular flexibility index (Phi) is 8.89. The van der Waals surface area contributed by atoms with E-state index in [1.54, 1.807) is 13.3 Å². The average molecular weight is 286 g/mol. The highest BCUT2D eigenvalue weighted by Gasteiger charge is 2.20. The number of nitrogens with zero attached hydrogens (tertiary/aromatic N) is 1. The molecular weight excluding hydrogens is 260 g/mol. The SMILES string of the molecule is CC.COc1ncccc1CNC1CC1.c1ccccc1. The van der Waals surface area contributed by atoms with E-state index in [9.17, 15) is 0 Å². The topological polar surface area (TPSA) is 34.1 Å². The Morgan fingerprint density at radius 2 is 1.62 bits per heavy atom. The minimum atomic E-state index is 0.727. The summed E-state index contributed by atoms with van der Waals surface area (Å²) in [5.74, 6) is 0.732. The second-order valence-electron chi connectivity index (χ2n) is 4.48. The second-order valence-corrected chi connectivity index (χ2v) is 4.48. The van der Waals surface area contributed by atoms with Gasteiger partial charge in [-0.15, -0.1) is 0 Å². The zero-order chi connectivity index (χ0) is 15.3. The van der Waals surface area contributed by atoms with Gasteiger partial charge in [0, 0.05) is 24.3 Å². The fourth-order valence-corrected chi connectivity index (χ4v) is 1.67. The molecule has 1 aromatic carbocycles. The van der Waals surface area contributed by atoms with Crippen molar-refractivity contribution in [2.45, 2.75) is 39.3 Å². The van der Waals surface area contributed by atoms with Crippen molar-refractivity contribution in [3.05, 3.63) is 60.3 Å². The molecule has 21 heavy (non-hydrogen) atoms. The Hall–Kier alpha value is -1.87. The van der Waals surface area contributed by atoms with E-state index >= 15 is 0 Å². The number of pyridine rings is 1. The van der Waals surface area contributed by atoms with Gasteiger partial charge in [0.2, 0.25) is 5.88 Å². The number of methoxy groups -OCH3 is 1. The summed E-state index contributed by atoms with van der Waals surface area (Å²) < 4.78 is 5.15. The molecule has 0 saturated heterocycles. The second kappa shape index (κ2) is 10.9. The average Bonchev–Trinajstić information content (AvgIpc) is 3.41. The van der Waals surface area contributed by atoms with E-state index in [0.29, 0.717) is 0 Å². The van der Waals surface area contributed by atoms with E-state index in [2.05, 4.69) is 10.3 Å². The Balaban J connectivity index is 0.000000231. The van der Waals surface area contributed by atoms with Crippen molar-refractivity contribution >= 4 is 0 Å². The van der Waals surface area contributed by atoms with Crippen LogP contribution in [0.25, 0.3) is 0 Å². The summed E-state index contributed by atoms with van der Waals surface area (Å²) >= 11 is 0. The minimum absolute atomic E-state index is 0.727. The van der Waals surface area contributed by atoms with Crippen molar-refractivity contribution in [2.75, 3.05) is 7.11 Å². The molecule has 1 aromatic heterocycles. The molecular formula is C18H26N2O. The third kappa shape index (κ3) is 7.47. The molecule has 0 unspecified atom stereocenters. The van der Waals surface area contributed by atoms with E-state index in [-0.39, 0.29) is 0 Å². The van der Waals surface area contributed by atoms with E-state index in [1.807, 2.05) is 62.4 Å². The number of hydrogen-bond acceptors (Lipinski definition) is 3. The molecule has 2 aromatic rings. The first-order chi connectivity index (χ1) is 10.4. The highest BCUT2D eigenvalue weighted by Crippen LogP contribution is 2.20. The number of nitrogens with one attached hydrogen (secondary N) is 1. The summed E-state index contributed by atoms with van der Waals surface area (Å²) in [7, 11) is 1.66. The Labute approximate surface area is 128 Å². The zero-order valence-electron chi connectivity index (χ0n) is 13.3. The maximum atomic E-state index is 5.15. The van der Waals surface area contributed by atoms with Crippen LogP contribution in [0.4, 0.5) is 0 Å². The fraction of sp³-hybridized carbons (Fsp3) is 0.389. The largest absolute Gasteiger partial charge is 0.481 e. The van der Waals surface area contributed by atoms with Gasteiger partial charge in [0.05, 0.1) is 7.11 Å². The first kappa shape index (κ1) is 17.2. The van der Waals surface area contributed by atoms with E-state index in [1.165, 1.54) is 12.8 Å². The molecule has 1 aliphatic rings. The van der Waals surface area contributed by atoms with Crippen LogP contribution in [0, 0.1) is 0 Å². The summed E-state index contributed by atoms with van der Waals surface area (Å²) in [5, 5.41) is 3.43. The Morgan fingerprint density at radius 1 is 1.05 bits per heavy atom. The Morgan fingerprint density at radius 3 is 2.10 bits per heavy atom. The van der Waals surface area contributed by atoms with Crippen molar-refractivity contribution in [1.82, 2.24) is 10.3 Å². The zero-order valence-corrected chi connectivity index (χ0v) is 13.3. The highest BCUT2D eigenvalue weighted by molar-refractivity contribution is 5.25. The predicted molar refractivity (Wildman–Crippen MR) is 88.4 cm³/mol. The van der Waals surface area contributed by atoms with Gasteiger partial charge in [0.15, 0.2) is 0 Å². The van der Waals surface area contributed by atoms with Crippen molar-refractivity contribution in [3.8, 4) is 5.88 Å². The van der Waals surface area contributed by atoms with Crippen LogP contribution < -0.4 is 10.1 Å². The summed E-state index contributed by atoms with van der Waals surface area (Å²) in [5.41, 5.74) is 1.14. The van der Waals surface area contributed by atoms with Gasteiger partial charge in [-0.05, 0) is 18.9 Å². The molecule has 0 bridgehead atoms. The summed E-state index contributed by atoms with van der Waals surface area (Å²) in [6, 6.07) is 16.7. The van der Waals surface area contributed by atoms with Crippen LogP contribution in [0.15, 0.2) is 54.7 Å². The number of ether oxygens (including phenoxy) is 1.